The van der Waals surface area contributed by atoms with Gasteiger partial charge in [-0.2, -0.15) is 4.31 Å². The first-order valence-corrected chi connectivity index (χ1v) is 10.7. The number of hydrogen-bond acceptors (Lipinski definition) is 6. The van der Waals surface area contributed by atoms with E-state index in [9.17, 15) is 8.42 Å². The molecule has 1 saturated heterocycles. The van der Waals surface area contributed by atoms with Gasteiger partial charge in [0.1, 0.15) is 6.04 Å². The van der Waals surface area contributed by atoms with E-state index in [1.165, 1.54) is 4.31 Å². The van der Waals surface area contributed by atoms with Gasteiger partial charge in [-0.15, -0.1) is 21.5 Å². The summed E-state index contributed by atoms with van der Waals surface area (Å²) in [6.45, 7) is 4.40. The molecule has 0 amide bonds. The SMILES string of the molecule is Cc1ccc(S(=O)(=O)N2CCC[C@H]2c2nnc(-c3ccc(C)s3)o2)cc1. The Bertz CT molecular complexity index is 1020. The molecule has 0 N–H and O–H groups in total. The van der Waals surface area contributed by atoms with E-state index in [4.69, 9.17) is 4.42 Å². The highest BCUT2D eigenvalue weighted by Crippen LogP contribution is 2.37. The first-order valence-electron chi connectivity index (χ1n) is 8.44. The van der Waals surface area contributed by atoms with Crippen LogP contribution in [0.15, 0.2) is 45.7 Å². The average Bonchev–Trinajstić information content (AvgIpc) is 3.34. The zero-order valence-corrected chi connectivity index (χ0v) is 16.2. The standard InChI is InChI=1S/C18H19N3O3S2/c1-12-5-8-14(9-6-12)26(22,23)21-11-3-4-15(21)17-19-20-18(24-17)16-10-7-13(2)25-16/h5-10,15H,3-4,11H2,1-2H3/t15-/m0/s1. The molecular formula is C18H19N3O3S2. The minimum atomic E-state index is -3.60. The van der Waals surface area contributed by atoms with Gasteiger partial charge in [-0.25, -0.2) is 8.42 Å². The van der Waals surface area contributed by atoms with Gasteiger partial charge in [0.25, 0.3) is 5.89 Å². The van der Waals surface area contributed by atoms with Crippen LogP contribution in [0, 0.1) is 13.8 Å². The van der Waals surface area contributed by atoms with E-state index in [0.29, 0.717) is 29.6 Å². The van der Waals surface area contributed by atoms with Crippen LogP contribution >= 0.6 is 11.3 Å². The summed E-state index contributed by atoms with van der Waals surface area (Å²) < 4.78 is 33.4. The smallest absolute Gasteiger partial charge is 0.257 e. The van der Waals surface area contributed by atoms with Gasteiger partial charge in [-0.05, 0) is 51.0 Å². The van der Waals surface area contributed by atoms with Crippen LogP contribution in [0.4, 0.5) is 0 Å². The van der Waals surface area contributed by atoms with Crippen LogP contribution in [0.1, 0.15) is 35.2 Å². The number of benzene rings is 1. The maximum absolute atomic E-state index is 13.0. The van der Waals surface area contributed by atoms with Crippen LogP contribution in [-0.4, -0.2) is 29.5 Å². The lowest BCUT2D eigenvalue weighted by Gasteiger charge is -2.21. The Kier molecular flexibility index (Phi) is 4.42. The molecule has 1 fully saturated rings. The number of hydrogen-bond donors (Lipinski definition) is 0. The van der Waals surface area contributed by atoms with Crippen molar-refractivity contribution >= 4 is 21.4 Å². The highest BCUT2D eigenvalue weighted by molar-refractivity contribution is 7.89. The van der Waals surface area contributed by atoms with Crippen molar-refractivity contribution in [3.63, 3.8) is 0 Å². The lowest BCUT2D eigenvalue weighted by molar-refractivity contribution is 0.332. The van der Waals surface area contributed by atoms with Crippen LogP contribution in [0.25, 0.3) is 10.8 Å². The minimum absolute atomic E-state index is 0.295. The molecule has 0 unspecified atom stereocenters. The maximum atomic E-state index is 13.0. The topological polar surface area (TPSA) is 76.3 Å². The van der Waals surface area contributed by atoms with Crippen LogP contribution in [-0.2, 0) is 10.0 Å². The van der Waals surface area contributed by atoms with Crippen molar-refractivity contribution in [1.82, 2.24) is 14.5 Å². The molecule has 0 bridgehead atoms. The Labute approximate surface area is 156 Å². The number of rotatable bonds is 4. The fourth-order valence-corrected chi connectivity index (χ4v) is 5.58. The van der Waals surface area contributed by atoms with Crippen LogP contribution in [0.3, 0.4) is 0 Å². The van der Waals surface area contributed by atoms with Crippen LogP contribution < -0.4 is 0 Å². The minimum Gasteiger partial charge on any atom is -0.418 e. The molecule has 136 valence electrons. The molecule has 3 aromatic rings. The molecule has 0 radical (unpaired) electrons. The maximum Gasteiger partial charge on any atom is 0.257 e. The van der Waals surface area contributed by atoms with Gasteiger partial charge in [0.15, 0.2) is 0 Å². The average molecular weight is 390 g/mol. The molecule has 1 aromatic carbocycles. The fourth-order valence-electron chi connectivity index (χ4n) is 3.14. The lowest BCUT2D eigenvalue weighted by Crippen LogP contribution is -2.30. The molecule has 0 spiro atoms. The number of aryl methyl sites for hydroxylation is 2. The number of sulfonamides is 1. The van der Waals surface area contributed by atoms with Crippen LogP contribution in [0.2, 0.25) is 0 Å². The molecule has 0 aliphatic carbocycles. The molecule has 3 heterocycles. The summed E-state index contributed by atoms with van der Waals surface area (Å²) >= 11 is 1.57. The summed E-state index contributed by atoms with van der Waals surface area (Å²) in [5, 5.41) is 8.26. The van der Waals surface area contributed by atoms with Crippen molar-refractivity contribution in [2.75, 3.05) is 6.54 Å². The predicted molar refractivity (Wildman–Crippen MR) is 99.4 cm³/mol. The van der Waals surface area contributed by atoms with E-state index in [1.807, 2.05) is 38.1 Å². The Morgan fingerprint density at radius 1 is 1.12 bits per heavy atom. The second kappa shape index (κ2) is 6.61. The Morgan fingerprint density at radius 2 is 1.88 bits per heavy atom. The molecule has 2 aromatic heterocycles. The van der Waals surface area contributed by atoms with Gasteiger partial charge in [0, 0.05) is 11.4 Å². The van der Waals surface area contributed by atoms with E-state index in [2.05, 4.69) is 10.2 Å². The molecular weight excluding hydrogens is 370 g/mol. The third-order valence-electron chi connectivity index (χ3n) is 4.51. The third kappa shape index (κ3) is 3.08. The van der Waals surface area contributed by atoms with Crippen molar-refractivity contribution in [3.05, 3.63) is 52.7 Å². The van der Waals surface area contributed by atoms with Crippen molar-refractivity contribution in [2.45, 2.75) is 37.6 Å². The van der Waals surface area contributed by atoms with Gasteiger partial charge in [0.05, 0.1) is 9.77 Å². The monoisotopic (exact) mass is 389 g/mol. The summed E-state index contributed by atoms with van der Waals surface area (Å²) in [6, 6.07) is 10.4. The van der Waals surface area contributed by atoms with Crippen molar-refractivity contribution in [3.8, 4) is 10.8 Å². The van der Waals surface area contributed by atoms with E-state index in [0.717, 1.165) is 21.7 Å². The Morgan fingerprint density at radius 3 is 2.58 bits per heavy atom. The van der Waals surface area contributed by atoms with Crippen molar-refractivity contribution < 1.29 is 12.8 Å². The zero-order chi connectivity index (χ0) is 18.3. The van der Waals surface area contributed by atoms with Crippen LogP contribution in [0.5, 0.6) is 0 Å². The summed E-state index contributed by atoms with van der Waals surface area (Å²) in [4.78, 5) is 2.35. The van der Waals surface area contributed by atoms with Gasteiger partial charge in [-0.3, -0.25) is 0 Å². The van der Waals surface area contributed by atoms with E-state index < -0.39 is 16.1 Å². The highest BCUT2D eigenvalue weighted by Gasteiger charge is 2.39. The molecule has 1 atom stereocenters. The third-order valence-corrected chi connectivity index (χ3v) is 7.42. The first-order chi connectivity index (χ1) is 12.4. The normalized spacial score (nSPS) is 18.5. The molecule has 26 heavy (non-hydrogen) atoms. The number of nitrogens with zero attached hydrogens (tertiary/aromatic N) is 3. The molecule has 8 heteroatoms. The van der Waals surface area contributed by atoms with Gasteiger partial charge in [0.2, 0.25) is 15.9 Å². The second-order valence-corrected chi connectivity index (χ2v) is 9.62. The summed E-state index contributed by atoms with van der Waals surface area (Å²) in [7, 11) is -3.60. The van der Waals surface area contributed by atoms with Crippen molar-refractivity contribution in [2.24, 2.45) is 0 Å². The van der Waals surface area contributed by atoms with E-state index in [-0.39, 0.29) is 0 Å². The highest BCUT2D eigenvalue weighted by atomic mass is 32.2. The molecule has 4 rings (SSSR count). The van der Waals surface area contributed by atoms with E-state index >= 15 is 0 Å². The Hall–Kier alpha value is -2.03. The number of aromatic nitrogens is 2. The fraction of sp³-hybridized carbons (Fsp3) is 0.333. The van der Waals surface area contributed by atoms with Gasteiger partial charge < -0.3 is 4.42 Å². The first kappa shape index (κ1) is 17.4. The van der Waals surface area contributed by atoms with Crippen molar-refractivity contribution in [1.29, 1.82) is 0 Å². The van der Waals surface area contributed by atoms with E-state index in [1.54, 1.807) is 23.5 Å². The molecule has 0 saturated carbocycles. The largest absolute Gasteiger partial charge is 0.418 e. The predicted octanol–water partition coefficient (Wildman–Crippen LogP) is 3.94. The zero-order valence-electron chi connectivity index (χ0n) is 14.5. The summed E-state index contributed by atoms with van der Waals surface area (Å²) in [5.41, 5.74) is 1.02. The second-order valence-electron chi connectivity index (χ2n) is 6.44. The van der Waals surface area contributed by atoms with Gasteiger partial charge >= 0.3 is 0 Å². The lowest BCUT2D eigenvalue weighted by atomic mass is 10.2. The summed E-state index contributed by atoms with van der Waals surface area (Å²) in [5.74, 6) is 0.803. The number of thiophene rings is 1. The molecule has 1 aliphatic rings. The quantitative estimate of drug-likeness (QED) is 0.675. The molecule has 1 aliphatic heterocycles. The van der Waals surface area contributed by atoms with Gasteiger partial charge in [-0.1, -0.05) is 17.7 Å². The molecule has 6 nitrogen and oxygen atoms in total. The Balaban J connectivity index is 1.64. The summed E-state index contributed by atoms with van der Waals surface area (Å²) in [6.07, 6.45) is 1.45.